The number of ether oxygens (including phenoxy) is 2. The van der Waals surface area contributed by atoms with Crippen LogP contribution < -0.4 is 15.1 Å². The van der Waals surface area contributed by atoms with Crippen LogP contribution in [-0.4, -0.2) is 7.11 Å². The molecule has 21 heavy (non-hydrogen) atoms. The summed E-state index contributed by atoms with van der Waals surface area (Å²) in [5.41, 5.74) is 1.16. The lowest BCUT2D eigenvalue weighted by atomic mass is 10.2. The van der Waals surface area contributed by atoms with Gasteiger partial charge in [0.2, 0.25) is 0 Å². The largest absolute Gasteiger partial charge is 0.493 e. The van der Waals surface area contributed by atoms with Crippen molar-refractivity contribution in [2.24, 2.45) is 0 Å². The first-order valence-electron chi connectivity index (χ1n) is 6.55. The second kappa shape index (κ2) is 5.71. The van der Waals surface area contributed by atoms with Crippen LogP contribution in [0.4, 0.5) is 0 Å². The van der Waals surface area contributed by atoms with Crippen molar-refractivity contribution in [3.8, 4) is 11.5 Å². The van der Waals surface area contributed by atoms with Crippen molar-refractivity contribution < 1.29 is 13.9 Å². The summed E-state index contributed by atoms with van der Waals surface area (Å²) in [6, 6.07) is 16.4. The lowest BCUT2D eigenvalue weighted by molar-refractivity contribution is 0.285. The molecule has 1 aromatic heterocycles. The van der Waals surface area contributed by atoms with E-state index < -0.39 is 0 Å². The standard InChI is InChI=1S/C17H14O4/c1-19-15-10-14-13(7-8-17(18)21-14)9-16(15)20-11-12-5-3-2-4-6-12/h2-10H,11H2,1H3. The number of rotatable bonds is 4. The monoisotopic (exact) mass is 282 g/mol. The molecule has 0 fully saturated rings. The Kier molecular flexibility index (Phi) is 3.60. The summed E-state index contributed by atoms with van der Waals surface area (Å²) in [4.78, 5) is 11.2. The zero-order valence-electron chi connectivity index (χ0n) is 11.5. The number of benzene rings is 2. The SMILES string of the molecule is COc1cc2oc(=O)ccc2cc1OCc1ccccc1. The van der Waals surface area contributed by atoms with Gasteiger partial charge in [-0.05, 0) is 17.7 Å². The van der Waals surface area contributed by atoms with Crippen molar-refractivity contribution in [3.63, 3.8) is 0 Å². The zero-order valence-corrected chi connectivity index (χ0v) is 11.5. The van der Waals surface area contributed by atoms with Gasteiger partial charge in [0.25, 0.3) is 0 Å². The minimum absolute atomic E-state index is 0.387. The van der Waals surface area contributed by atoms with E-state index in [2.05, 4.69) is 0 Å². The topological polar surface area (TPSA) is 48.7 Å². The smallest absolute Gasteiger partial charge is 0.336 e. The number of hydrogen-bond acceptors (Lipinski definition) is 4. The molecule has 0 saturated heterocycles. The Bertz CT molecular complexity index is 806. The van der Waals surface area contributed by atoms with Crippen LogP contribution in [0.1, 0.15) is 5.56 Å². The van der Waals surface area contributed by atoms with E-state index in [1.54, 1.807) is 25.3 Å². The van der Waals surface area contributed by atoms with Crippen LogP contribution in [-0.2, 0) is 6.61 Å². The maximum atomic E-state index is 11.2. The molecule has 0 aliphatic heterocycles. The van der Waals surface area contributed by atoms with Crippen molar-refractivity contribution in [2.45, 2.75) is 6.61 Å². The summed E-state index contributed by atoms with van der Waals surface area (Å²) >= 11 is 0. The number of hydrogen-bond donors (Lipinski definition) is 0. The third kappa shape index (κ3) is 2.89. The third-order valence-electron chi connectivity index (χ3n) is 3.14. The predicted molar refractivity (Wildman–Crippen MR) is 79.8 cm³/mol. The Morgan fingerprint density at radius 2 is 1.81 bits per heavy atom. The summed E-state index contributed by atoms with van der Waals surface area (Å²) in [5, 5.41) is 0.790. The highest BCUT2D eigenvalue weighted by Gasteiger charge is 2.09. The van der Waals surface area contributed by atoms with Gasteiger partial charge < -0.3 is 13.9 Å². The molecule has 2 aromatic carbocycles. The van der Waals surface area contributed by atoms with Gasteiger partial charge in [0.05, 0.1) is 7.11 Å². The Hall–Kier alpha value is -2.75. The normalized spacial score (nSPS) is 10.5. The molecule has 4 heteroatoms. The van der Waals surface area contributed by atoms with Gasteiger partial charge in [-0.3, -0.25) is 0 Å². The summed E-state index contributed by atoms with van der Waals surface area (Å²) in [5.74, 6) is 1.15. The maximum Gasteiger partial charge on any atom is 0.336 e. The molecule has 106 valence electrons. The van der Waals surface area contributed by atoms with E-state index in [1.807, 2.05) is 30.3 Å². The highest BCUT2D eigenvalue weighted by Crippen LogP contribution is 2.32. The van der Waals surface area contributed by atoms with Crippen LogP contribution >= 0.6 is 0 Å². The first-order chi connectivity index (χ1) is 10.3. The van der Waals surface area contributed by atoms with Crippen molar-refractivity contribution >= 4 is 11.0 Å². The van der Waals surface area contributed by atoms with E-state index in [0.29, 0.717) is 23.7 Å². The molecule has 0 N–H and O–H groups in total. The number of methoxy groups -OCH3 is 1. The zero-order chi connectivity index (χ0) is 14.7. The van der Waals surface area contributed by atoms with Gasteiger partial charge in [-0.1, -0.05) is 30.3 Å². The van der Waals surface area contributed by atoms with Crippen molar-refractivity contribution in [2.75, 3.05) is 7.11 Å². The van der Waals surface area contributed by atoms with Crippen LogP contribution in [0.2, 0.25) is 0 Å². The molecule has 0 aliphatic rings. The maximum absolute atomic E-state index is 11.2. The quantitative estimate of drug-likeness (QED) is 0.688. The second-order valence-corrected chi connectivity index (χ2v) is 4.57. The molecular formula is C17H14O4. The van der Waals surface area contributed by atoms with E-state index >= 15 is 0 Å². The predicted octanol–water partition coefficient (Wildman–Crippen LogP) is 3.38. The summed E-state index contributed by atoms with van der Waals surface area (Å²) in [7, 11) is 1.55. The van der Waals surface area contributed by atoms with E-state index in [0.717, 1.165) is 10.9 Å². The minimum Gasteiger partial charge on any atom is -0.493 e. The molecule has 0 saturated carbocycles. The fraction of sp³-hybridized carbons (Fsp3) is 0.118. The van der Waals surface area contributed by atoms with Gasteiger partial charge in [0.1, 0.15) is 12.2 Å². The molecule has 4 nitrogen and oxygen atoms in total. The summed E-state index contributed by atoms with van der Waals surface area (Å²) in [6.07, 6.45) is 0. The summed E-state index contributed by atoms with van der Waals surface area (Å²) in [6.45, 7) is 0.444. The lowest BCUT2D eigenvalue weighted by Crippen LogP contribution is -1.99. The first kappa shape index (κ1) is 13.2. The van der Waals surface area contributed by atoms with Crippen LogP contribution in [0.3, 0.4) is 0 Å². The Morgan fingerprint density at radius 1 is 1.00 bits per heavy atom. The van der Waals surface area contributed by atoms with Crippen LogP contribution in [0, 0.1) is 0 Å². The van der Waals surface area contributed by atoms with Gasteiger partial charge in [0, 0.05) is 17.5 Å². The average molecular weight is 282 g/mol. The molecule has 0 bridgehead atoms. The molecule has 0 aliphatic carbocycles. The average Bonchev–Trinajstić information content (AvgIpc) is 2.53. The van der Waals surface area contributed by atoms with E-state index in [-0.39, 0.29) is 5.63 Å². The van der Waals surface area contributed by atoms with Crippen LogP contribution in [0.5, 0.6) is 11.5 Å². The molecule has 0 spiro atoms. The molecule has 0 unspecified atom stereocenters. The van der Waals surface area contributed by atoms with Gasteiger partial charge in [-0.25, -0.2) is 4.79 Å². The van der Waals surface area contributed by atoms with Gasteiger partial charge >= 0.3 is 5.63 Å². The first-order valence-corrected chi connectivity index (χ1v) is 6.55. The fourth-order valence-corrected chi connectivity index (χ4v) is 2.08. The molecular weight excluding hydrogens is 268 g/mol. The van der Waals surface area contributed by atoms with Gasteiger partial charge in [0.15, 0.2) is 11.5 Å². The molecule has 3 rings (SSSR count). The second-order valence-electron chi connectivity index (χ2n) is 4.57. The van der Waals surface area contributed by atoms with Crippen LogP contribution in [0.25, 0.3) is 11.0 Å². The van der Waals surface area contributed by atoms with Crippen molar-refractivity contribution in [1.29, 1.82) is 0 Å². The molecule has 0 amide bonds. The molecule has 0 atom stereocenters. The van der Waals surface area contributed by atoms with Gasteiger partial charge in [-0.15, -0.1) is 0 Å². The Morgan fingerprint density at radius 3 is 2.57 bits per heavy atom. The highest BCUT2D eigenvalue weighted by molar-refractivity contribution is 5.80. The van der Waals surface area contributed by atoms with Crippen molar-refractivity contribution in [3.05, 3.63) is 70.6 Å². The van der Waals surface area contributed by atoms with E-state index in [1.165, 1.54) is 6.07 Å². The van der Waals surface area contributed by atoms with E-state index in [4.69, 9.17) is 13.9 Å². The van der Waals surface area contributed by atoms with Crippen molar-refractivity contribution in [1.82, 2.24) is 0 Å². The fourth-order valence-electron chi connectivity index (χ4n) is 2.08. The molecule has 3 aromatic rings. The Labute approximate surface area is 121 Å². The van der Waals surface area contributed by atoms with Gasteiger partial charge in [-0.2, -0.15) is 0 Å². The summed E-state index contributed by atoms with van der Waals surface area (Å²) < 4.78 is 16.2. The Balaban J connectivity index is 1.93. The highest BCUT2D eigenvalue weighted by atomic mass is 16.5. The van der Waals surface area contributed by atoms with Crippen LogP contribution in [0.15, 0.2) is 63.8 Å². The number of fused-ring (bicyclic) bond motifs is 1. The van der Waals surface area contributed by atoms with E-state index in [9.17, 15) is 4.79 Å². The lowest BCUT2D eigenvalue weighted by Gasteiger charge is -2.11. The third-order valence-corrected chi connectivity index (χ3v) is 3.14. The molecule has 1 heterocycles. The minimum atomic E-state index is -0.387. The molecule has 0 radical (unpaired) electrons.